The lowest BCUT2D eigenvalue weighted by atomic mass is 10.0. The van der Waals surface area contributed by atoms with Crippen LogP contribution in [0.2, 0.25) is 0 Å². The third-order valence-corrected chi connectivity index (χ3v) is 8.07. The van der Waals surface area contributed by atoms with Gasteiger partial charge in [-0.05, 0) is 47.9 Å². The van der Waals surface area contributed by atoms with Gasteiger partial charge < -0.3 is 4.90 Å². The number of nitrogens with one attached hydrogen (secondary N) is 1. The lowest BCUT2D eigenvalue weighted by Gasteiger charge is -2.34. The second kappa shape index (κ2) is 9.29. The molecule has 176 valence electrons. The lowest BCUT2D eigenvalue weighted by Crippen LogP contribution is -2.48. The van der Waals surface area contributed by atoms with Gasteiger partial charge in [0.15, 0.2) is 0 Å². The van der Waals surface area contributed by atoms with E-state index in [1.807, 2.05) is 29.2 Å². The molecule has 0 bridgehead atoms. The van der Waals surface area contributed by atoms with Gasteiger partial charge in [-0.2, -0.15) is 14.7 Å². The van der Waals surface area contributed by atoms with Crippen LogP contribution in [0.4, 0.5) is 5.82 Å². The maximum atomic E-state index is 13.4. The molecule has 0 radical (unpaired) electrons. The number of H-pyrrole nitrogens is 1. The first kappa shape index (κ1) is 22.7. The molecular formula is C25H22N6O3S. The summed E-state index contributed by atoms with van der Waals surface area (Å²) in [7, 11) is -3.67. The minimum absolute atomic E-state index is 0.246. The first-order valence-corrected chi connectivity index (χ1v) is 12.6. The number of aromatic amines is 1. The zero-order valence-corrected chi connectivity index (χ0v) is 19.6. The van der Waals surface area contributed by atoms with Crippen LogP contribution in [0.15, 0.2) is 76.7 Å². The van der Waals surface area contributed by atoms with E-state index in [1.165, 1.54) is 10.5 Å². The van der Waals surface area contributed by atoms with Gasteiger partial charge in [0.2, 0.25) is 10.0 Å². The predicted octanol–water partition coefficient (Wildman–Crippen LogP) is 2.29. The van der Waals surface area contributed by atoms with E-state index in [2.05, 4.69) is 15.2 Å². The average molecular weight is 487 g/mol. The number of benzene rings is 2. The fourth-order valence-corrected chi connectivity index (χ4v) is 5.81. The molecule has 3 heterocycles. The summed E-state index contributed by atoms with van der Waals surface area (Å²) < 4.78 is 28.2. The van der Waals surface area contributed by atoms with Gasteiger partial charge in [-0.3, -0.25) is 4.79 Å². The van der Waals surface area contributed by atoms with Crippen LogP contribution in [0.5, 0.6) is 0 Å². The maximum Gasteiger partial charge on any atom is 0.272 e. The summed E-state index contributed by atoms with van der Waals surface area (Å²) in [5.74, 6) is 0.728. The molecule has 2 aromatic heterocycles. The highest BCUT2D eigenvalue weighted by atomic mass is 32.2. The summed E-state index contributed by atoms with van der Waals surface area (Å²) in [5, 5.41) is 16.6. The van der Waals surface area contributed by atoms with Gasteiger partial charge >= 0.3 is 0 Å². The van der Waals surface area contributed by atoms with Crippen LogP contribution in [-0.4, -0.2) is 54.1 Å². The topological polar surface area (TPSA) is 123 Å². The molecule has 4 aromatic rings. The quantitative estimate of drug-likeness (QED) is 0.459. The number of aromatic nitrogens is 3. The summed E-state index contributed by atoms with van der Waals surface area (Å²) in [6.07, 6.45) is 3.62. The minimum Gasteiger partial charge on any atom is -0.354 e. The zero-order valence-electron chi connectivity index (χ0n) is 18.8. The third kappa shape index (κ3) is 4.51. The Labute approximate surface area is 202 Å². The number of hydrogen-bond donors (Lipinski definition) is 1. The van der Waals surface area contributed by atoms with Crippen molar-refractivity contribution in [2.45, 2.75) is 11.3 Å². The molecule has 1 fully saturated rings. The molecule has 1 aliphatic rings. The van der Waals surface area contributed by atoms with Crippen molar-refractivity contribution in [1.29, 1.82) is 5.26 Å². The molecule has 1 saturated heterocycles. The molecule has 1 N–H and O–H groups in total. The highest BCUT2D eigenvalue weighted by Crippen LogP contribution is 2.23. The Hall–Kier alpha value is -4.07. The van der Waals surface area contributed by atoms with E-state index in [1.54, 1.807) is 42.6 Å². The molecular weight excluding hydrogens is 464 g/mol. The molecule has 5 rings (SSSR count). The number of anilines is 1. The van der Waals surface area contributed by atoms with Crippen LogP contribution in [-0.2, 0) is 16.4 Å². The monoisotopic (exact) mass is 486 g/mol. The Balaban J connectivity index is 1.33. The molecule has 0 aliphatic carbocycles. The summed E-state index contributed by atoms with van der Waals surface area (Å²) in [4.78, 5) is 18.6. The highest BCUT2D eigenvalue weighted by molar-refractivity contribution is 7.89. The fourth-order valence-electron chi connectivity index (χ4n) is 4.32. The van der Waals surface area contributed by atoms with Gasteiger partial charge in [-0.1, -0.05) is 24.3 Å². The molecule has 1 aliphatic heterocycles. The van der Waals surface area contributed by atoms with Crippen molar-refractivity contribution in [1.82, 2.24) is 19.5 Å². The maximum absolute atomic E-state index is 13.4. The molecule has 0 atom stereocenters. The number of fused-ring (bicyclic) bond motifs is 1. The molecule has 10 heteroatoms. The second-order valence-corrected chi connectivity index (χ2v) is 10.2. The van der Waals surface area contributed by atoms with E-state index in [9.17, 15) is 13.2 Å². The van der Waals surface area contributed by atoms with Crippen LogP contribution in [0.1, 0.15) is 16.7 Å². The van der Waals surface area contributed by atoms with Crippen molar-refractivity contribution in [3.63, 3.8) is 0 Å². The SMILES string of the molecule is N#Cc1ccc(N2CCN(S(=O)(=O)c3cccc(Cc4cccc5c(=O)[nH]ncc45)c3)CC2)nc1. The Morgan fingerprint density at radius 2 is 1.77 bits per heavy atom. The van der Waals surface area contributed by atoms with Crippen LogP contribution >= 0.6 is 0 Å². The fraction of sp³-hybridized carbons (Fsp3) is 0.200. The van der Waals surface area contributed by atoms with Crippen molar-refractivity contribution >= 4 is 26.6 Å². The van der Waals surface area contributed by atoms with Crippen molar-refractivity contribution in [2.75, 3.05) is 31.1 Å². The molecule has 9 nitrogen and oxygen atoms in total. The van der Waals surface area contributed by atoms with E-state index in [0.29, 0.717) is 43.5 Å². The first-order chi connectivity index (χ1) is 17.0. The largest absolute Gasteiger partial charge is 0.354 e. The van der Waals surface area contributed by atoms with E-state index >= 15 is 0 Å². The molecule has 0 amide bonds. The standard InChI is InChI=1S/C25H22N6O3S/c26-15-19-7-8-24(27-16-19)30-9-11-31(12-10-30)35(33,34)21-5-1-3-18(14-21)13-20-4-2-6-22-23(20)17-28-29-25(22)32/h1-8,14,16-17H,9-13H2,(H,29,32). The Morgan fingerprint density at radius 3 is 2.51 bits per heavy atom. The Morgan fingerprint density at radius 1 is 0.971 bits per heavy atom. The number of pyridine rings is 1. The smallest absolute Gasteiger partial charge is 0.272 e. The predicted molar refractivity (Wildman–Crippen MR) is 132 cm³/mol. The normalized spacial score (nSPS) is 14.7. The number of hydrogen-bond acceptors (Lipinski definition) is 7. The van der Waals surface area contributed by atoms with Crippen LogP contribution < -0.4 is 10.5 Å². The van der Waals surface area contributed by atoms with Crippen molar-refractivity contribution < 1.29 is 8.42 Å². The van der Waals surface area contributed by atoms with Gasteiger partial charge in [-0.15, -0.1) is 0 Å². The van der Waals surface area contributed by atoms with Gasteiger partial charge in [-0.25, -0.2) is 18.5 Å². The van der Waals surface area contributed by atoms with E-state index in [-0.39, 0.29) is 10.5 Å². The van der Waals surface area contributed by atoms with Gasteiger partial charge in [0.25, 0.3) is 5.56 Å². The summed E-state index contributed by atoms with van der Waals surface area (Å²) in [6.45, 7) is 1.70. The van der Waals surface area contributed by atoms with E-state index in [0.717, 1.165) is 22.3 Å². The summed E-state index contributed by atoms with van der Waals surface area (Å²) >= 11 is 0. The average Bonchev–Trinajstić information content (AvgIpc) is 2.90. The molecule has 35 heavy (non-hydrogen) atoms. The summed E-state index contributed by atoms with van der Waals surface area (Å²) in [5.41, 5.74) is 1.97. The minimum atomic E-state index is -3.67. The van der Waals surface area contributed by atoms with Crippen LogP contribution in [0.3, 0.4) is 0 Å². The number of rotatable bonds is 5. The number of sulfonamides is 1. The summed E-state index contributed by atoms with van der Waals surface area (Å²) in [6, 6.07) is 17.9. The Kier molecular flexibility index (Phi) is 6.03. The number of nitriles is 1. The highest BCUT2D eigenvalue weighted by Gasteiger charge is 2.29. The lowest BCUT2D eigenvalue weighted by molar-refractivity contribution is 0.384. The second-order valence-electron chi connectivity index (χ2n) is 8.31. The van der Waals surface area contributed by atoms with Crippen molar-refractivity contribution in [3.05, 3.63) is 94.0 Å². The van der Waals surface area contributed by atoms with E-state index < -0.39 is 10.0 Å². The molecule has 0 saturated carbocycles. The molecule has 2 aromatic carbocycles. The Bertz CT molecular complexity index is 1580. The zero-order chi connectivity index (χ0) is 24.4. The van der Waals surface area contributed by atoms with E-state index in [4.69, 9.17) is 5.26 Å². The van der Waals surface area contributed by atoms with Crippen LogP contribution in [0, 0.1) is 11.3 Å². The van der Waals surface area contributed by atoms with Gasteiger partial charge in [0, 0.05) is 37.8 Å². The molecule has 0 spiro atoms. The van der Waals surface area contributed by atoms with Crippen LogP contribution in [0.25, 0.3) is 10.8 Å². The van der Waals surface area contributed by atoms with Gasteiger partial charge in [0.1, 0.15) is 11.9 Å². The third-order valence-electron chi connectivity index (χ3n) is 6.17. The van der Waals surface area contributed by atoms with Crippen molar-refractivity contribution in [3.8, 4) is 6.07 Å². The number of nitrogens with zero attached hydrogens (tertiary/aromatic N) is 5. The van der Waals surface area contributed by atoms with Crippen molar-refractivity contribution in [2.24, 2.45) is 0 Å². The number of piperazine rings is 1. The van der Waals surface area contributed by atoms with Gasteiger partial charge in [0.05, 0.1) is 22.0 Å². The first-order valence-electron chi connectivity index (χ1n) is 11.1. The molecule has 0 unspecified atom stereocenters.